The third kappa shape index (κ3) is 2.42. The lowest BCUT2D eigenvalue weighted by Crippen LogP contribution is -2.18. The van der Waals surface area contributed by atoms with Crippen molar-refractivity contribution in [3.8, 4) is 12.1 Å². The molecule has 0 atom stereocenters. The highest BCUT2D eigenvalue weighted by molar-refractivity contribution is 5.94. The summed E-state index contributed by atoms with van der Waals surface area (Å²) >= 11 is 0. The zero-order valence-electron chi connectivity index (χ0n) is 10.1. The van der Waals surface area contributed by atoms with E-state index in [-0.39, 0.29) is 18.7 Å². The van der Waals surface area contributed by atoms with Crippen LogP contribution in [0.1, 0.15) is 5.56 Å². The van der Waals surface area contributed by atoms with E-state index in [2.05, 4.69) is 10.3 Å². The Morgan fingerprint density at radius 2 is 2.00 bits per heavy atom. The van der Waals surface area contributed by atoms with Gasteiger partial charge in [0, 0.05) is 29.2 Å². The topological polar surface area (TPSA) is 95.6 Å². The minimum absolute atomic E-state index is 0.00166. The second-order valence-corrected chi connectivity index (χ2v) is 3.87. The number of aliphatic hydroxyl groups excluding tert-OH is 1. The molecule has 5 nitrogen and oxygen atoms in total. The van der Waals surface area contributed by atoms with Crippen molar-refractivity contribution >= 4 is 16.6 Å². The first-order valence-electron chi connectivity index (χ1n) is 5.77. The van der Waals surface area contributed by atoms with Crippen LogP contribution in [0.15, 0.2) is 36.0 Å². The summed E-state index contributed by atoms with van der Waals surface area (Å²) in [6.07, 6.45) is 1.75. The van der Waals surface area contributed by atoms with Crippen LogP contribution in [-0.4, -0.2) is 23.2 Å². The number of hydrogen-bond acceptors (Lipinski definition) is 4. The molecule has 3 N–H and O–H groups in total. The first kappa shape index (κ1) is 12.7. The van der Waals surface area contributed by atoms with Crippen LogP contribution < -0.4 is 5.32 Å². The number of allylic oxidation sites excluding steroid dienone is 1. The Labute approximate surface area is 110 Å². The number of para-hydroxylation sites is 1. The zero-order valence-corrected chi connectivity index (χ0v) is 10.1. The van der Waals surface area contributed by atoms with Gasteiger partial charge >= 0.3 is 0 Å². The largest absolute Gasteiger partial charge is 0.395 e. The molecule has 0 spiro atoms. The van der Waals surface area contributed by atoms with E-state index in [0.717, 1.165) is 16.5 Å². The number of nitrogens with zero attached hydrogens (tertiary/aromatic N) is 2. The molecule has 1 aromatic heterocycles. The van der Waals surface area contributed by atoms with Gasteiger partial charge < -0.3 is 15.4 Å². The van der Waals surface area contributed by atoms with E-state index in [9.17, 15) is 0 Å². The van der Waals surface area contributed by atoms with Gasteiger partial charge in [-0.15, -0.1) is 0 Å². The first-order chi connectivity index (χ1) is 9.31. The number of hydrogen-bond donors (Lipinski definition) is 3. The number of nitrogens with one attached hydrogen (secondary N) is 2. The average Bonchev–Trinajstić information content (AvgIpc) is 2.87. The molecule has 0 unspecified atom stereocenters. The fourth-order valence-corrected chi connectivity index (χ4v) is 1.91. The van der Waals surface area contributed by atoms with Crippen molar-refractivity contribution in [3.05, 3.63) is 41.6 Å². The second-order valence-electron chi connectivity index (χ2n) is 3.87. The van der Waals surface area contributed by atoms with Crippen LogP contribution in [0.4, 0.5) is 0 Å². The minimum Gasteiger partial charge on any atom is -0.395 e. The van der Waals surface area contributed by atoms with Gasteiger partial charge in [0.25, 0.3) is 0 Å². The Morgan fingerprint density at radius 1 is 1.26 bits per heavy atom. The SMILES string of the molecule is N#CC(C#N)=C(NCCO)c1c[nH]c2ccccc12. The molecule has 0 radical (unpaired) electrons. The molecule has 2 aromatic rings. The highest BCUT2D eigenvalue weighted by Crippen LogP contribution is 2.25. The van der Waals surface area contributed by atoms with E-state index in [1.807, 2.05) is 36.4 Å². The van der Waals surface area contributed by atoms with Crippen molar-refractivity contribution in [1.82, 2.24) is 10.3 Å². The molecule has 94 valence electrons. The Hall–Kier alpha value is -2.76. The van der Waals surface area contributed by atoms with E-state index >= 15 is 0 Å². The molecule has 0 aliphatic carbocycles. The number of benzene rings is 1. The molecule has 5 heteroatoms. The molecule has 1 aromatic carbocycles. The van der Waals surface area contributed by atoms with Crippen LogP contribution in [0.5, 0.6) is 0 Å². The van der Waals surface area contributed by atoms with Crippen LogP contribution in [0.25, 0.3) is 16.6 Å². The van der Waals surface area contributed by atoms with E-state index < -0.39 is 0 Å². The molecule has 0 bridgehead atoms. The molecule has 0 amide bonds. The van der Waals surface area contributed by atoms with Gasteiger partial charge in [-0.3, -0.25) is 0 Å². The monoisotopic (exact) mass is 252 g/mol. The minimum atomic E-state index is -0.0734. The standard InChI is InChI=1S/C14H12N4O/c15-7-10(8-16)14(17-5-6-19)12-9-18-13-4-2-1-3-11(12)13/h1-4,9,17-19H,5-6H2. The predicted octanol–water partition coefficient (Wildman–Crippen LogP) is 1.51. The molecule has 0 fully saturated rings. The maximum Gasteiger partial charge on any atom is 0.153 e. The van der Waals surface area contributed by atoms with Gasteiger partial charge in [0.15, 0.2) is 5.57 Å². The van der Waals surface area contributed by atoms with Gasteiger partial charge in [0.05, 0.1) is 12.3 Å². The lowest BCUT2D eigenvalue weighted by atomic mass is 10.1. The number of aliphatic hydroxyl groups is 1. The van der Waals surface area contributed by atoms with Gasteiger partial charge in [0.1, 0.15) is 12.1 Å². The Balaban J connectivity index is 2.60. The number of rotatable bonds is 4. The number of aromatic nitrogens is 1. The maximum atomic E-state index is 9.02. The van der Waals surface area contributed by atoms with Crippen molar-refractivity contribution in [2.45, 2.75) is 0 Å². The van der Waals surface area contributed by atoms with Gasteiger partial charge in [-0.1, -0.05) is 18.2 Å². The van der Waals surface area contributed by atoms with Crippen molar-refractivity contribution in [1.29, 1.82) is 10.5 Å². The third-order valence-electron chi connectivity index (χ3n) is 2.75. The second kappa shape index (κ2) is 5.72. The van der Waals surface area contributed by atoms with Crippen LogP contribution in [0.3, 0.4) is 0 Å². The van der Waals surface area contributed by atoms with Gasteiger partial charge in [0.2, 0.25) is 0 Å². The molecule has 0 saturated heterocycles. The molecule has 1 heterocycles. The van der Waals surface area contributed by atoms with Crippen molar-refractivity contribution in [3.63, 3.8) is 0 Å². The lowest BCUT2D eigenvalue weighted by Gasteiger charge is -2.09. The fraction of sp³-hybridized carbons (Fsp3) is 0.143. The molecule has 2 rings (SSSR count). The van der Waals surface area contributed by atoms with Crippen LogP contribution in [0.2, 0.25) is 0 Å². The predicted molar refractivity (Wildman–Crippen MR) is 71.5 cm³/mol. The molecule has 0 aliphatic rings. The van der Waals surface area contributed by atoms with E-state index in [1.165, 1.54) is 0 Å². The molecular formula is C14H12N4O. The summed E-state index contributed by atoms with van der Waals surface area (Å²) in [5.41, 5.74) is 2.12. The molecule has 0 aliphatic heterocycles. The fourth-order valence-electron chi connectivity index (χ4n) is 1.91. The lowest BCUT2D eigenvalue weighted by molar-refractivity contribution is 0.299. The highest BCUT2D eigenvalue weighted by Gasteiger charge is 2.13. The van der Waals surface area contributed by atoms with Crippen LogP contribution >= 0.6 is 0 Å². The van der Waals surface area contributed by atoms with Crippen molar-refractivity contribution < 1.29 is 5.11 Å². The number of aromatic amines is 1. The average molecular weight is 252 g/mol. The van der Waals surface area contributed by atoms with E-state index in [0.29, 0.717) is 5.70 Å². The van der Waals surface area contributed by atoms with Crippen molar-refractivity contribution in [2.24, 2.45) is 0 Å². The smallest absolute Gasteiger partial charge is 0.153 e. The normalized spacial score (nSPS) is 9.63. The summed E-state index contributed by atoms with van der Waals surface area (Å²) in [5.74, 6) is 0. The highest BCUT2D eigenvalue weighted by atomic mass is 16.3. The van der Waals surface area contributed by atoms with Gasteiger partial charge in [-0.05, 0) is 6.07 Å². The Morgan fingerprint density at radius 3 is 2.68 bits per heavy atom. The summed E-state index contributed by atoms with van der Waals surface area (Å²) in [5, 5.41) is 30.8. The zero-order chi connectivity index (χ0) is 13.7. The Kier molecular flexibility index (Phi) is 3.82. The summed E-state index contributed by atoms with van der Waals surface area (Å²) in [6, 6.07) is 11.4. The van der Waals surface area contributed by atoms with Crippen LogP contribution in [0, 0.1) is 22.7 Å². The van der Waals surface area contributed by atoms with Crippen LogP contribution in [-0.2, 0) is 0 Å². The molecular weight excluding hydrogens is 240 g/mol. The molecule has 19 heavy (non-hydrogen) atoms. The van der Waals surface area contributed by atoms with E-state index in [1.54, 1.807) is 6.20 Å². The number of H-pyrrole nitrogens is 1. The molecule has 0 saturated carbocycles. The summed E-state index contributed by atoms with van der Waals surface area (Å²) < 4.78 is 0. The Bertz CT molecular complexity index is 684. The number of fused-ring (bicyclic) bond motifs is 1. The van der Waals surface area contributed by atoms with Gasteiger partial charge in [-0.2, -0.15) is 10.5 Å². The summed E-state index contributed by atoms with van der Waals surface area (Å²) in [6.45, 7) is 0.206. The first-order valence-corrected chi connectivity index (χ1v) is 5.77. The summed E-state index contributed by atoms with van der Waals surface area (Å²) in [4.78, 5) is 3.09. The third-order valence-corrected chi connectivity index (χ3v) is 2.75. The van der Waals surface area contributed by atoms with Gasteiger partial charge in [-0.25, -0.2) is 0 Å². The maximum absolute atomic E-state index is 9.02. The quantitative estimate of drug-likeness (QED) is 0.718. The number of nitriles is 2. The summed E-state index contributed by atoms with van der Waals surface area (Å²) in [7, 11) is 0. The van der Waals surface area contributed by atoms with Crippen molar-refractivity contribution in [2.75, 3.05) is 13.2 Å². The van der Waals surface area contributed by atoms with E-state index in [4.69, 9.17) is 15.6 Å².